The number of carbonyl (C=O) groups is 1. The van der Waals surface area contributed by atoms with Crippen LogP contribution in [-0.2, 0) is 24.4 Å². The van der Waals surface area contributed by atoms with E-state index in [-0.39, 0.29) is 11.8 Å². The highest BCUT2D eigenvalue weighted by atomic mass is 16.5. The van der Waals surface area contributed by atoms with E-state index in [1.54, 1.807) is 0 Å². The molecule has 32 heavy (non-hydrogen) atoms. The molecule has 2 aromatic carbocycles. The fourth-order valence-corrected chi connectivity index (χ4v) is 4.96. The van der Waals surface area contributed by atoms with Gasteiger partial charge in [0.15, 0.2) is 0 Å². The summed E-state index contributed by atoms with van der Waals surface area (Å²) >= 11 is 0. The molecule has 6 heteroatoms. The number of fused-ring (bicyclic) bond motifs is 2. The summed E-state index contributed by atoms with van der Waals surface area (Å²) in [7, 11) is 0. The number of likely N-dealkylation sites (tertiary alicyclic amines) is 1. The molecule has 3 aromatic rings. The molecular weight excluding hydrogens is 400 g/mol. The molecule has 1 fully saturated rings. The Bertz CT molecular complexity index is 1110. The highest BCUT2D eigenvalue weighted by Gasteiger charge is 2.24. The van der Waals surface area contributed by atoms with Crippen LogP contribution in [-0.4, -0.2) is 46.9 Å². The summed E-state index contributed by atoms with van der Waals surface area (Å²) in [6, 6.07) is 17.0. The van der Waals surface area contributed by atoms with Crippen molar-refractivity contribution in [1.82, 2.24) is 14.8 Å². The molecule has 0 spiro atoms. The van der Waals surface area contributed by atoms with E-state index < -0.39 is 0 Å². The molecule has 1 amide bonds. The van der Waals surface area contributed by atoms with Crippen LogP contribution in [0.3, 0.4) is 0 Å². The second-order valence-corrected chi connectivity index (χ2v) is 8.97. The Hall–Kier alpha value is -2.96. The first-order chi connectivity index (χ1) is 15.7. The first-order valence-corrected chi connectivity index (χ1v) is 11.5. The summed E-state index contributed by atoms with van der Waals surface area (Å²) < 4.78 is 6.07. The largest absolute Gasteiger partial charge is 0.492 e. The molecule has 166 valence electrons. The molecule has 2 aliphatic rings. The lowest BCUT2D eigenvalue weighted by Crippen LogP contribution is -2.40. The number of hydrogen-bond donors (Lipinski definition) is 1. The average Bonchev–Trinajstić information content (AvgIpc) is 3.01. The summed E-state index contributed by atoms with van der Waals surface area (Å²) in [6.07, 6.45) is 3.79. The van der Waals surface area contributed by atoms with Crippen LogP contribution >= 0.6 is 0 Å². The average molecular weight is 431 g/mol. The van der Waals surface area contributed by atoms with E-state index in [2.05, 4.69) is 57.2 Å². The number of piperidine rings is 1. The SMILES string of the molecule is NC(=O)C1CCCN(Cc2ccc3c(c2)CN(Cc2cccc4cccnc24)CCO3)C1. The third kappa shape index (κ3) is 4.61. The second-order valence-electron chi connectivity index (χ2n) is 8.97. The van der Waals surface area contributed by atoms with Crippen molar-refractivity contribution in [1.29, 1.82) is 0 Å². The van der Waals surface area contributed by atoms with Gasteiger partial charge >= 0.3 is 0 Å². The Morgan fingerprint density at radius 2 is 2.00 bits per heavy atom. The van der Waals surface area contributed by atoms with E-state index in [0.717, 1.165) is 63.4 Å². The fraction of sp³-hybridized carbons (Fsp3) is 0.385. The first-order valence-electron chi connectivity index (χ1n) is 11.5. The Morgan fingerprint density at radius 1 is 1.09 bits per heavy atom. The zero-order valence-corrected chi connectivity index (χ0v) is 18.4. The van der Waals surface area contributed by atoms with E-state index in [1.165, 1.54) is 22.1 Å². The molecule has 0 radical (unpaired) electrons. The number of para-hydroxylation sites is 1. The van der Waals surface area contributed by atoms with Crippen LogP contribution in [0.5, 0.6) is 5.75 Å². The summed E-state index contributed by atoms with van der Waals surface area (Å²) in [5.41, 5.74) is 10.3. The fourth-order valence-electron chi connectivity index (χ4n) is 4.96. The summed E-state index contributed by atoms with van der Waals surface area (Å²) in [5.74, 6) is 0.766. The van der Waals surface area contributed by atoms with Gasteiger partial charge in [0.2, 0.25) is 5.91 Å². The molecule has 6 nitrogen and oxygen atoms in total. The molecular formula is C26H30N4O2. The summed E-state index contributed by atoms with van der Waals surface area (Å²) in [5, 5.41) is 1.18. The number of nitrogens with zero attached hydrogens (tertiary/aromatic N) is 3. The number of rotatable bonds is 5. The van der Waals surface area contributed by atoms with Gasteiger partial charge in [-0.3, -0.25) is 19.6 Å². The molecule has 3 heterocycles. The van der Waals surface area contributed by atoms with Gasteiger partial charge in [0.1, 0.15) is 12.4 Å². The van der Waals surface area contributed by atoms with Gasteiger partial charge in [0.25, 0.3) is 0 Å². The molecule has 0 aliphatic carbocycles. The van der Waals surface area contributed by atoms with E-state index in [4.69, 9.17) is 10.5 Å². The number of amides is 1. The number of benzene rings is 2. The molecule has 5 rings (SSSR count). The van der Waals surface area contributed by atoms with Crippen LogP contribution in [0.2, 0.25) is 0 Å². The van der Waals surface area contributed by atoms with Crippen molar-refractivity contribution in [3.63, 3.8) is 0 Å². The minimum absolute atomic E-state index is 0.0299. The van der Waals surface area contributed by atoms with Gasteiger partial charge in [-0.2, -0.15) is 0 Å². The van der Waals surface area contributed by atoms with Gasteiger partial charge in [0.05, 0.1) is 11.4 Å². The maximum atomic E-state index is 11.6. The predicted octanol–water partition coefficient (Wildman–Crippen LogP) is 3.33. The molecule has 1 unspecified atom stereocenters. The van der Waals surface area contributed by atoms with E-state index in [9.17, 15) is 4.79 Å². The van der Waals surface area contributed by atoms with Crippen LogP contribution in [0.1, 0.15) is 29.5 Å². The Morgan fingerprint density at radius 3 is 2.91 bits per heavy atom. The number of hydrogen-bond acceptors (Lipinski definition) is 5. The van der Waals surface area contributed by atoms with Gasteiger partial charge in [-0.05, 0) is 48.7 Å². The summed E-state index contributed by atoms with van der Waals surface area (Å²) in [4.78, 5) is 21.0. The smallest absolute Gasteiger partial charge is 0.221 e. The number of primary amides is 1. The lowest BCUT2D eigenvalue weighted by Gasteiger charge is -2.31. The lowest BCUT2D eigenvalue weighted by atomic mass is 9.97. The minimum Gasteiger partial charge on any atom is -0.492 e. The van der Waals surface area contributed by atoms with Crippen molar-refractivity contribution in [2.45, 2.75) is 32.5 Å². The van der Waals surface area contributed by atoms with Crippen molar-refractivity contribution in [3.8, 4) is 5.75 Å². The Labute approximate surface area is 189 Å². The standard InChI is InChI=1S/C26H30N4O2/c27-26(31)22-7-3-11-29(17-22)15-19-8-9-24-23(14-19)18-30(12-13-32-24)16-21-5-1-4-20-6-2-10-28-25(20)21/h1-2,4-6,8-10,14,22H,3,7,11-13,15-18H2,(H2,27,31). The zero-order chi connectivity index (χ0) is 21.9. The third-order valence-electron chi connectivity index (χ3n) is 6.61. The molecule has 2 aliphatic heterocycles. The normalized spacial score (nSPS) is 19.8. The van der Waals surface area contributed by atoms with Gasteiger partial charge < -0.3 is 10.5 Å². The van der Waals surface area contributed by atoms with Crippen molar-refractivity contribution in [2.24, 2.45) is 11.7 Å². The highest BCUT2D eigenvalue weighted by molar-refractivity contribution is 5.81. The highest BCUT2D eigenvalue weighted by Crippen LogP contribution is 2.27. The van der Waals surface area contributed by atoms with E-state index in [0.29, 0.717) is 6.61 Å². The van der Waals surface area contributed by atoms with Gasteiger partial charge in [-0.1, -0.05) is 30.3 Å². The second kappa shape index (κ2) is 9.27. The number of carbonyl (C=O) groups excluding carboxylic acids is 1. The van der Waals surface area contributed by atoms with Crippen LogP contribution in [0.4, 0.5) is 0 Å². The van der Waals surface area contributed by atoms with E-state index >= 15 is 0 Å². The van der Waals surface area contributed by atoms with Crippen molar-refractivity contribution >= 4 is 16.8 Å². The van der Waals surface area contributed by atoms with Gasteiger partial charge in [-0.15, -0.1) is 0 Å². The van der Waals surface area contributed by atoms with Gasteiger partial charge in [-0.25, -0.2) is 0 Å². The number of ether oxygens (including phenoxy) is 1. The topological polar surface area (TPSA) is 71.7 Å². The van der Waals surface area contributed by atoms with Crippen LogP contribution < -0.4 is 10.5 Å². The maximum Gasteiger partial charge on any atom is 0.221 e. The number of nitrogens with two attached hydrogens (primary N) is 1. The quantitative estimate of drug-likeness (QED) is 0.672. The molecule has 1 saturated heterocycles. The monoisotopic (exact) mass is 430 g/mol. The minimum atomic E-state index is -0.177. The third-order valence-corrected chi connectivity index (χ3v) is 6.61. The van der Waals surface area contributed by atoms with Crippen molar-refractivity contribution in [2.75, 3.05) is 26.2 Å². The van der Waals surface area contributed by atoms with Crippen LogP contribution in [0.15, 0.2) is 54.7 Å². The van der Waals surface area contributed by atoms with Crippen LogP contribution in [0.25, 0.3) is 10.9 Å². The Kier molecular flexibility index (Phi) is 6.06. The Balaban J connectivity index is 1.31. The van der Waals surface area contributed by atoms with E-state index in [1.807, 2.05) is 12.3 Å². The number of pyridine rings is 1. The van der Waals surface area contributed by atoms with Crippen molar-refractivity contribution in [3.05, 3.63) is 71.4 Å². The zero-order valence-electron chi connectivity index (χ0n) is 18.4. The molecule has 1 aromatic heterocycles. The van der Waals surface area contributed by atoms with Crippen LogP contribution in [0, 0.1) is 5.92 Å². The van der Waals surface area contributed by atoms with Crippen molar-refractivity contribution < 1.29 is 9.53 Å². The molecule has 1 atom stereocenters. The molecule has 0 saturated carbocycles. The molecule has 2 N–H and O–H groups in total. The first kappa shape index (κ1) is 20.9. The van der Waals surface area contributed by atoms with Gasteiger partial charge in [0, 0.05) is 49.9 Å². The predicted molar refractivity (Wildman–Crippen MR) is 125 cm³/mol. The number of aromatic nitrogens is 1. The summed E-state index contributed by atoms with van der Waals surface area (Å²) in [6.45, 7) is 5.84. The lowest BCUT2D eigenvalue weighted by molar-refractivity contribution is -0.123. The maximum absolute atomic E-state index is 11.6. The molecule has 0 bridgehead atoms.